The minimum Gasteiger partial charge on any atom is -0.465 e. The van der Waals surface area contributed by atoms with Crippen molar-refractivity contribution in [2.75, 3.05) is 19.8 Å². The molecule has 0 radical (unpaired) electrons. The summed E-state index contributed by atoms with van der Waals surface area (Å²) >= 11 is 0. The van der Waals surface area contributed by atoms with E-state index in [4.69, 9.17) is 14.2 Å². The molecule has 0 amide bonds. The molecule has 0 spiro atoms. The Morgan fingerprint density at radius 1 is 0.375 bits per heavy atom. The van der Waals surface area contributed by atoms with Gasteiger partial charge in [-0.05, 0) is 38.5 Å². The second-order valence-electron chi connectivity index (χ2n) is 14.7. The minimum absolute atomic E-state index is 0.229. The van der Waals surface area contributed by atoms with E-state index in [1.807, 2.05) is 0 Å². The molecule has 0 N–H and O–H groups in total. The van der Waals surface area contributed by atoms with Crippen LogP contribution in [0.1, 0.15) is 213 Å². The molecule has 282 valence electrons. The van der Waals surface area contributed by atoms with Crippen LogP contribution in [-0.4, -0.2) is 37.7 Å². The number of ether oxygens (including phenoxy) is 3. The van der Waals surface area contributed by atoms with E-state index < -0.39 is 11.8 Å². The number of hydrogen-bond acceptors (Lipinski definition) is 6. The Balaban J connectivity index is 2.47. The van der Waals surface area contributed by atoms with E-state index in [1.54, 1.807) is 0 Å². The molecule has 3 atom stereocenters. The molecule has 1 fully saturated rings. The number of hydrogen-bond donors (Lipinski definition) is 0. The van der Waals surface area contributed by atoms with Crippen LogP contribution >= 0.6 is 0 Å². The summed E-state index contributed by atoms with van der Waals surface area (Å²) in [5, 5.41) is 0. The maximum atomic E-state index is 13.3. The topological polar surface area (TPSA) is 78.9 Å². The summed E-state index contributed by atoms with van der Waals surface area (Å²) in [5.74, 6) is -2.43. The highest BCUT2D eigenvalue weighted by Gasteiger charge is 2.43. The van der Waals surface area contributed by atoms with Gasteiger partial charge in [-0.25, -0.2) is 0 Å². The molecule has 1 aliphatic rings. The molecule has 1 rings (SSSR count). The first-order chi connectivity index (χ1) is 23.5. The Morgan fingerprint density at radius 2 is 0.667 bits per heavy atom. The molecule has 0 aromatic rings. The number of carbonyl (C=O) groups is 3. The van der Waals surface area contributed by atoms with Gasteiger partial charge in [-0.2, -0.15) is 0 Å². The maximum absolute atomic E-state index is 13.3. The molecule has 0 aromatic carbocycles. The number of carbonyl (C=O) groups excluding carboxylic acids is 3. The highest BCUT2D eigenvalue weighted by molar-refractivity contribution is 5.83. The fourth-order valence-corrected chi connectivity index (χ4v) is 7.02. The predicted octanol–water partition coefficient (Wildman–Crippen LogP) is 12.2. The zero-order valence-corrected chi connectivity index (χ0v) is 32.0. The smallest absolute Gasteiger partial charge is 0.309 e. The molecular weight excluding hydrogens is 600 g/mol. The fraction of sp³-hybridized carbons (Fsp3) is 0.929. The van der Waals surface area contributed by atoms with Crippen molar-refractivity contribution in [1.82, 2.24) is 0 Å². The van der Waals surface area contributed by atoms with Gasteiger partial charge in [-0.3, -0.25) is 14.4 Å². The van der Waals surface area contributed by atoms with Gasteiger partial charge in [-0.15, -0.1) is 0 Å². The van der Waals surface area contributed by atoms with Crippen molar-refractivity contribution in [3.63, 3.8) is 0 Å². The molecule has 1 saturated carbocycles. The molecule has 0 bridgehead atoms. The van der Waals surface area contributed by atoms with E-state index in [0.717, 1.165) is 44.9 Å². The predicted molar refractivity (Wildman–Crippen MR) is 199 cm³/mol. The largest absolute Gasteiger partial charge is 0.465 e. The lowest BCUT2D eigenvalue weighted by atomic mass is 9.74. The van der Waals surface area contributed by atoms with E-state index in [9.17, 15) is 14.4 Å². The van der Waals surface area contributed by atoms with Gasteiger partial charge >= 0.3 is 17.9 Å². The highest BCUT2D eigenvalue weighted by atomic mass is 16.5. The van der Waals surface area contributed by atoms with Crippen LogP contribution in [-0.2, 0) is 28.6 Å². The van der Waals surface area contributed by atoms with Crippen LogP contribution in [0.4, 0.5) is 0 Å². The molecule has 48 heavy (non-hydrogen) atoms. The van der Waals surface area contributed by atoms with Gasteiger partial charge in [0.15, 0.2) is 0 Å². The number of esters is 3. The maximum Gasteiger partial charge on any atom is 0.309 e. The van der Waals surface area contributed by atoms with Crippen LogP contribution in [0, 0.1) is 17.8 Å². The first kappa shape index (κ1) is 44.4. The van der Waals surface area contributed by atoms with Gasteiger partial charge in [0, 0.05) is 0 Å². The average Bonchev–Trinajstić information content (AvgIpc) is 3.10. The van der Waals surface area contributed by atoms with Crippen LogP contribution < -0.4 is 0 Å². The average molecular weight is 679 g/mol. The van der Waals surface area contributed by atoms with E-state index in [2.05, 4.69) is 20.8 Å². The molecule has 0 heterocycles. The van der Waals surface area contributed by atoms with Crippen molar-refractivity contribution in [2.24, 2.45) is 17.8 Å². The number of rotatable bonds is 33. The van der Waals surface area contributed by atoms with Crippen molar-refractivity contribution in [2.45, 2.75) is 213 Å². The Hall–Kier alpha value is -1.59. The summed E-state index contributed by atoms with van der Waals surface area (Å²) in [7, 11) is 0. The Bertz CT molecular complexity index is 767. The molecule has 0 aromatic heterocycles. The van der Waals surface area contributed by atoms with Gasteiger partial charge in [0.2, 0.25) is 0 Å². The highest BCUT2D eigenvalue weighted by Crippen LogP contribution is 2.36. The summed E-state index contributed by atoms with van der Waals surface area (Å²) in [6.45, 7) is 7.93. The third-order valence-corrected chi connectivity index (χ3v) is 10.3. The first-order valence-corrected chi connectivity index (χ1v) is 21.0. The fourth-order valence-electron chi connectivity index (χ4n) is 7.02. The third kappa shape index (κ3) is 23.7. The molecule has 3 unspecified atom stereocenters. The summed E-state index contributed by atoms with van der Waals surface area (Å²) in [6, 6.07) is 0. The summed E-state index contributed by atoms with van der Waals surface area (Å²) in [5.41, 5.74) is 0. The van der Waals surface area contributed by atoms with Crippen LogP contribution in [0.5, 0.6) is 0 Å². The van der Waals surface area contributed by atoms with Crippen molar-refractivity contribution < 1.29 is 28.6 Å². The van der Waals surface area contributed by atoms with Crippen LogP contribution in [0.15, 0.2) is 0 Å². The second kappa shape index (κ2) is 32.6. The van der Waals surface area contributed by atoms with Crippen molar-refractivity contribution in [3.8, 4) is 0 Å². The normalized spacial score (nSPS) is 17.7. The zero-order chi connectivity index (χ0) is 34.9. The standard InChI is InChI=1S/C42H78O6/c1-4-7-10-13-16-19-22-25-28-33-46-40(43)37-31-32-38(41(44)47-34-29-26-23-20-17-14-11-8-5-2)39(36-37)42(45)48-35-30-27-24-21-18-15-12-9-6-3/h37-39H,4-36H2,1-3H3. The SMILES string of the molecule is CCCCCCCCCCCOC(=O)C1CCC(C(=O)OCCCCCCCCCCC)C(C(=O)OCCCCCCCCCCC)C1. The lowest BCUT2D eigenvalue weighted by Gasteiger charge is -2.32. The zero-order valence-electron chi connectivity index (χ0n) is 32.0. The van der Waals surface area contributed by atoms with Gasteiger partial charge in [0.25, 0.3) is 0 Å². The molecule has 1 aliphatic carbocycles. The Labute approximate surface area is 297 Å². The Kier molecular flexibility index (Phi) is 30.2. The van der Waals surface area contributed by atoms with Crippen LogP contribution in [0.25, 0.3) is 0 Å². The van der Waals surface area contributed by atoms with Gasteiger partial charge in [0.1, 0.15) is 0 Å². The van der Waals surface area contributed by atoms with Gasteiger partial charge in [-0.1, -0.05) is 175 Å². The second-order valence-corrected chi connectivity index (χ2v) is 14.7. The minimum atomic E-state index is -0.641. The molecule has 0 aliphatic heterocycles. The summed E-state index contributed by atoms with van der Waals surface area (Å²) < 4.78 is 17.1. The molecule has 6 heteroatoms. The molecular formula is C42H78O6. The van der Waals surface area contributed by atoms with E-state index in [1.165, 1.54) is 128 Å². The van der Waals surface area contributed by atoms with E-state index >= 15 is 0 Å². The van der Waals surface area contributed by atoms with Crippen molar-refractivity contribution >= 4 is 17.9 Å². The van der Waals surface area contributed by atoms with Crippen LogP contribution in [0.2, 0.25) is 0 Å². The Morgan fingerprint density at radius 3 is 1.02 bits per heavy atom. The molecule has 6 nitrogen and oxygen atoms in total. The van der Waals surface area contributed by atoms with E-state index in [-0.39, 0.29) is 23.8 Å². The lowest BCUT2D eigenvalue weighted by molar-refractivity contribution is -0.167. The van der Waals surface area contributed by atoms with Crippen LogP contribution in [0.3, 0.4) is 0 Å². The lowest BCUT2D eigenvalue weighted by Crippen LogP contribution is -2.40. The quantitative estimate of drug-likeness (QED) is 0.0390. The van der Waals surface area contributed by atoms with E-state index in [0.29, 0.717) is 39.1 Å². The van der Waals surface area contributed by atoms with Crippen molar-refractivity contribution in [3.05, 3.63) is 0 Å². The summed E-state index contributed by atoms with van der Waals surface area (Å²) in [4.78, 5) is 39.5. The molecule has 0 saturated heterocycles. The van der Waals surface area contributed by atoms with Gasteiger partial charge in [0.05, 0.1) is 37.6 Å². The first-order valence-electron chi connectivity index (χ1n) is 21.0. The number of unbranched alkanes of at least 4 members (excludes halogenated alkanes) is 24. The van der Waals surface area contributed by atoms with Gasteiger partial charge < -0.3 is 14.2 Å². The monoisotopic (exact) mass is 679 g/mol. The van der Waals surface area contributed by atoms with Crippen molar-refractivity contribution in [1.29, 1.82) is 0 Å². The summed E-state index contributed by atoms with van der Waals surface area (Å²) in [6.07, 6.45) is 33.9. The third-order valence-electron chi connectivity index (χ3n) is 10.3.